The van der Waals surface area contributed by atoms with Crippen molar-refractivity contribution in [3.05, 3.63) is 11.6 Å². The molecule has 60 valence electrons. The van der Waals surface area contributed by atoms with Crippen LogP contribution in [0.4, 0.5) is 0 Å². The Balaban J connectivity index is 2.64. The van der Waals surface area contributed by atoms with Gasteiger partial charge in [0.2, 0.25) is 0 Å². The summed E-state index contributed by atoms with van der Waals surface area (Å²) in [5.74, 6) is -1.53. The Hall–Kier alpha value is -1.32. The summed E-state index contributed by atoms with van der Waals surface area (Å²) in [6, 6.07) is 0. The molecule has 1 N–H and O–H groups in total. The van der Waals surface area contributed by atoms with Gasteiger partial charge in [0.1, 0.15) is 6.10 Å². The molecule has 0 saturated carbocycles. The van der Waals surface area contributed by atoms with Crippen LogP contribution in [-0.2, 0) is 14.3 Å². The third-order valence-corrected chi connectivity index (χ3v) is 1.33. The first-order valence-corrected chi connectivity index (χ1v) is 3.23. The van der Waals surface area contributed by atoms with Gasteiger partial charge in [-0.15, -0.1) is 0 Å². The van der Waals surface area contributed by atoms with E-state index in [4.69, 9.17) is 5.11 Å². The highest BCUT2D eigenvalue weighted by Crippen LogP contribution is 2.15. The fourth-order valence-electron chi connectivity index (χ4n) is 0.924. The van der Waals surface area contributed by atoms with Crippen LogP contribution >= 0.6 is 0 Å². The summed E-state index contributed by atoms with van der Waals surface area (Å²) in [6.45, 7) is 1.69. The van der Waals surface area contributed by atoms with Crippen molar-refractivity contribution < 1.29 is 19.4 Å². The van der Waals surface area contributed by atoms with Gasteiger partial charge in [0, 0.05) is 5.57 Å². The topological polar surface area (TPSA) is 63.6 Å². The normalized spacial score (nSPS) is 22.8. The molecule has 0 spiro atoms. The minimum absolute atomic E-state index is 0.241. The van der Waals surface area contributed by atoms with E-state index in [1.165, 1.54) is 6.08 Å². The van der Waals surface area contributed by atoms with Gasteiger partial charge >= 0.3 is 11.9 Å². The van der Waals surface area contributed by atoms with Crippen molar-refractivity contribution in [3.8, 4) is 0 Å². The van der Waals surface area contributed by atoms with Crippen LogP contribution in [0.3, 0.4) is 0 Å². The van der Waals surface area contributed by atoms with Crippen LogP contribution in [0.15, 0.2) is 11.6 Å². The fourth-order valence-corrected chi connectivity index (χ4v) is 0.924. The molecule has 0 aromatic rings. The highest BCUT2D eigenvalue weighted by atomic mass is 16.5. The molecule has 0 aromatic heterocycles. The number of hydrogen-bond acceptors (Lipinski definition) is 3. The molecular weight excluding hydrogens is 148 g/mol. The number of rotatable bonds is 2. The van der Waals surface area contributed by atoms with E-state index in [-0.39, 0.29) is 18.1 Å². The minimum atomic E-state index is -1.01. The van der Waals surface area contributed by atoms with Crippen molar-refractivity contribution in [1.29, 1.82) is 0 Å². The lowest BCUT2D eigenvalue weighted by Crippen LogP contribution is -2.06. The first-order valence-electron chi connectivity index (χ1n) is 3.23. The van der Waals surface area contributed by atoms with Crippen molar-refractivity contribution in [1.82, 2.24) is 0 Å². The number of aliphatic carboxylic acids is 1. The summed E-state index contributed by atoms with van der Waals surface area (Å²) in [6.07, 6.45) is 0.997. The number of carbonyl (C=O) groups excluding carboxylic acids is 1. The summed E-state index contributed by atoms with van der Waals surface area (Å²) < 4.78 is 4.68. The van der Waals surface area contributed by atoms with Gasteiger partial charge < -0.3 is 9.84 Å². The Morgan fingerprint density at radius 1 is 1.82 bits per heavy atom. The first-order chi connectivity index (χ1) is 5.09. The Bertz CT molecular complexity index is 229. The molecule has 0 saturated heterocycles. The van der Waals surface area contributed by atoms with Gasteiger partial charge in [-0.3, -0.25) is 4.79 Å². The lowest BCUT2D eigenvalue weighted by Gasteiger charge is -1.97. The number of hydrogen-bond donors (Lipinski definition) is 1. The molecule has 0 radical (unpaired) electrons. The smallest absolute Gasteiger partial charge is 0.334 e. The molecule has 11 heavy (non-hydrogen) atoms. The number of ether oxygens (including phenoxy) is 1. The maximum atomic E-state index is 10.8. The van der Waals surface area contributed by atoms with Crippen LogP contribution in [0.5, 0.6) is 0 Å². The molecule has 1 atom stereocenters. The molecule has 0 aromatic carbocycles. The minimum Gasteiger partial charge on any atom is -0.481 e. The third-order valence-electron chi connectivity index (χ3n) is 1.33. The highest BCUT2D eigenvalue weighted by molar-refractivity contribution is 5.95. The van der Waals surface area contributed by atoms with Gasteiger partial charge in [0.25, 0.3) is 0 Å². The molecule has 1 rings (SSSR count). The zero-order valence-electron chi connectivity index (χ0n) is 6.03. The molecular formula is C7H8O4. The summed E-state index contributed by atoms with van der Waals surface area (Å²) in [4.78, 5) is 20.9. The average Bonchev–Trinajstić information content (AvgIpc) is 2.09. The van der Waals surface area contributed by atoms with E-state index < -0.39 is 11.9 Å². The lowest BCUT2D eigenvalue weighted by molar-refractivity contribution is -0.142. The molecule has 0 fully saturated rings. The molecule has 0 unspecified atom stereocenters. The van der Waals surface area contributed by atoms with Crippen molar-refractivity contribution in [3.63, 3.8) is 0 Å². The van der Waals surface area contributed by atoms with Gasteiger partial charge in [0.05, 0.1) is 6.42 Å². The van der Waals surface area contributed by atoms with Gasteiger partial charge in [-0.05, 0) is 13.0 Å². The molecule has 1 aliphatic heterocycles. The van der Waals surface area contributed by atoms with Crippen molar-refractivity contribution >= 4 is 11.9 Å². The summed E-state index contributed by atoms with van der Waals surface area (Å²) in [7, 11) is 0. The Morgan fingerprint density at radius 3 is 2.82 bits per heavy atom. The fraction of sp³-hybridized carbons (Fsp3) is 0.429. The number of carboxylic acid groups (broad SMARTS) is 1. The molecule has 1 aliphatic rings. The molecule has 0 amide bonds. The monoisotopic (exact) mass is 156 g/mol. The number of esters is 1. The standard InChI is InChI=1S/C7H8O4/c1-4-2-5(3-6(8)9)7(10)11-4/h2,4H,3H2,1H3,(H,8,9)/t4-/m1/s1. The number of cyclic esters (lactones) is 1. The maximum Gasteiger partial charge on any atom is 0.334 e. The maximum absolute atomic E-state index is 10.8. The SMILES string of the molecule is C[C@@H]1C=C(CC(=O)O)C(=O)O1. The second-order valence-electron chi connectivity index (χ2n) is 2.37. The molecule has 0 bridgehead atoms. The second-order valence-corrected chi connectivity index (χ2v) is 2.37. The summed E-state index contributed by atoms with van der Waals surface area (Å²) in [5, 5.41) is 8.33. The van der Waals surface area contributed by atoms with Crippen molar-refractivity contribution in [2.75, 3.05) is 0 Å². The molecule has 4 nitrogen and oxygen atoms in total. The van der Waals surface area contributed by atoms with Gasteiger partial charge in [0.15, 0.2) is 0 Å². The van der Waals surface area contributed by atoms with Crippen LogP contribution in [0.2, 0.25) is 0 Å². The predicted molar refractivity (Wildman–Crippen MR) is 35.9 cm³/mol. The van der Waals surface area contributed by atoms with Gasteiger partial charge in [-0.1, -0.05) is 0 Å². The highest BCUT2D eigenvalue weighted by Gasteiger charge is 2.23. The third kappa shape index (κ3) is 1.80. The molecule has 1 heterocycles. The zero-order chi connectivity index (χ0) is 8.43. The lowest BCUT2D eigenvalue weighted by atomic mass is 10.2. The van der Waals surface area contributed by atoms with E-state index in [0.717, 1.165) is 0 Å². The Labute approximate surface area is 63.5 Å². The van der Waals surface area contributed by atoms with Crippen LogP contribution in [0.1, 0.15) is 13.3 Å². The predicted octanol–water partition coefficient (Wildman–Crippen LogP) is 0.333. The first kappa shape index (κ1) is 7.78. The van der Waals surface area contributed by atoms with E-state index in [1.807, 2.05) is 0 Å². The summed E-state index contributed by atoms with van der Waals surface area (Å²) >= 11 is 0. The van der Waals surface area contributed by atoms with E-state index in [9.17, 15) is 9.59 Å². The average molecular weight is 156 g/mol. The summed E-state index contributed by atoms with van der Waals surface area (Å²) in [5.41, 5.74) is 0.241. The Kier molecular flexibility index (Phi) is 1.94. The Morgan fingerprint density at radius 2 is 2.45 bits per heavy atom. The van der Waals surface area contributed by atoms with E-state index in [1.54, 1.807) is 6.92 Å². The second kappa shape index (κ2) is 2.74. The van der Waals surface area contributed by atoms with Gasteiger partial charge in [-0.25, -0.2) is 4.79 Å². The van der Waals surface area contributed by atoms with Crippen LogP contribution < -0.4 is 0 Å². The number of carboxylic acids is 1. The van der Waals surface area contributed by atoms with Crippen molar-refractivity contribution in [2.24, 2.45) is 0 Å². The molecule has 0 aliphatic carbocycles. The van der Waals surface area contributed by atoms with E-state index >= 15 is 0 Å². The van der Waals surface area contributed by atoms with Crippen molar-refractivity contribution in [2.45, 2.75) is 19.4 Å². The van der Waals surface area contributed by atoms with E-state index in [2.05, 4.69) is 4.74 Å². The van der Waals surface area contributed by atoms with Crippen LogP contribution in [0, 0.1) is 0 Å². The van der Waals surface area contributed by atoms with Crippen LogP contribution in [0.25, 0.3) is 0 Å². The zero-order valence-corrected chi connectivity index (χ0v) is 6.03. The van der Waals surface area contributed by atoms with Gasteiger partial charge in [-0.2, -0.15) is 0 Å². The number of carbonyl (C=O) groups is 2. The quantitative estimate of drug-likeness (QED) is 0.585. The van der Waals surface area contributed by atoms with Crippen LogP contribution in [-0.4, -0.2) is 23.1 Å². The largest absolute Gasteiger partial charge is 0.481 e. The molecule has 4 heteroatoms. The van der Waals surface area contributed by atoms with E-state index in [0.29, 0.717) is 0 Å².